The van der Waals surface area contributed by atoms with Gasteiger partial charge in [-0.1, -0.05) is 6.42 Å². The first kappa shape index (κ1) is 15.1. The second-order valence-corrected chi connectivity index (χ2v) is 4.28. The van der Waals surface area contributed by atoms with Crippen LogP contribution in [0.3, 0.4) is 0 Å². The zero-order valence-electron chi connectivity index (χ0n) is 10.1. The molecule has 3 N–H and O–H groups in total. The van der Waals surface area contributed by atoms with Gasteiger partial charge in [-0.2, -0.15) is 6.04 Å². The summed E-state index contributed by atoms with van der Waals surface area (Å²) >= 11 is 0. The molecule has 5 nitrogen and oxygen atoms in total. The van der Waals surface area contributed by atoms with Crippen LogP contribution in [0, 0.1) is 10.8 Å². The lowest BCUT2D eigenvalue weighted by Crippen LogP contribution is -2.35. The van der Waals surface area contributed by atoms with E-state index in [2.05, 4.69) is 5.32 Å². The van der Waals surface area contributed by atoms with Crippen LogP contribution >= 0.6 is 0 Å². The van der Waals surface area contributed by atoms with E-state index in [0.29, 0.717) is 13.2 Å². The second-order valence-electron chi connectivity index (χ2n) is 3.57. The molecular weight excluding hydrogens is 222 g/mol. The second kappa shape index (κ2) is 9.35. The van der Waals surface area contributed by atoms with Crippen LogP contribution in [0.1, 0.15) is 20.3 Å². The molecule has 0 radical (unpaired) electrons. The van der Waals surface area contributed by atoms with Gasteiger partial charge >= 0.3 is 0 Å². The van der Waals surface area contributed by atoms with E-state index in [0.717, 1.165) is 13.0 Å². The minimum atomic E-state index is -0.197. The van der Waals surface area contributed by atoms with Gasteiger partial charge < -0.3 is 14.8 Å². The molecule has 0 spiro atoms. The maximum atomic E-state index is 7.27. The molecule has 6 heteroatoms. The summed E-state index contributed by atoms with van der Waals surface area (Å²) in [4.78, 5) is 0. The van der Waals surface area contributed by atoms with Crippen LogP contribution in [-0.2, 0) is 9.47 Å². The Morgan fingerprint density at radius 3 is 2.50 bits per heavy atom. The van der Waals surface area contributed by atoms with Gasteiger partial charge in [-0.05, 0) is 6.54 Å². The van der Waals surface area contributed by atoms with Gasteiger partial charge in [0.15, 0.2) is 11.8 Å². The predicted octanol–water partition coefficient (Wildman–Crippen LogP) is 0.414. The average Bonchev–Trinajstić information content (AvgIpc) is 2.19. The molecule has 0 aromatic heterocycles. The molecule has 0 saturated heterocycles. The van der Waals surface area contributed by atoms with Crippen LogP contribution in [0.2, 0.25) is 6.04 Å². The molecule has 0 saturated carbocycles. The fraction of sp³-hybridized carbons (Fsp3) is 0.800. The number of nitrogens with one attached hydrogen (secondary N) is 3. The highest BCUT2D eigenvalue weighted by molar-refractivity contribution is 6.08. The zero-order chi connectivity index (χ0) is 12.4. The third kappa shape index (κ3) is 9.66. The summed E-state index contributed by atoms with van der Waals surface area (Å²) in [5, 5.41) is 17.7. The highest BCUT2D eigenvalue weighted by Crippen LogP contribution is 1.95. The standard InChI is InChI=1S/C10H22N3O2Si/c1-8(11)14-7-10(15-9(2)12)6-13-4-3-5-16/h10-13H,3-7,16H2,1-2H3/q-1. The summed E-state index contributed by atoms with van der Waals surface area (Å²) in [6, 6.07) is 1.18. The summed E-state index contributed by atoms with van der Waals surface area (Å²) in [5.74, 6) is 0.348. The molecule has 0 amide bonds. The van der Waals surface area contributed by atoms with Crippen molar-refractivity contribution in [3.8, 4) is 0 Å². The average molecular weight is 244 g/mol. The Balaban J connectivity index is 3.80. The maximum absolute atomic E-state index is 7.27. The Kier molecular flexibility index (Phi) is 8.83. The first-order chi connectivity index (χ1) is 7.56. The van der Waals surface area contributed by atoms with Gasteiger partial charge in [-0.3, -0.25) is 21.1 Å². The van der Waals surface area contributed by atoms with Crippen LogP contribution < -0.4 is 5.32 Å². The third-order valence-corrected chi connectivity index (χ3v) is 2.30. The van der Waals surface area contributed by atoms with Crippen LogP contribution in [0.5, 0.6) is 0 Å². The van der Waals surface area contributed by atoms with Crippen molar-refractivity contribution in [2.75, 3.05) is 19.7 Å². The monoisotopic (exact) mass is 244 g/mol. The Labute approximate surface area is 100 Å². The molecule has 1 unspecified atom stereocenters. The fourth-order valence-electron chi connectivity index (χ4n) is 1.12. The van der Waals surface area contributed by atoms with Gasteiger partial charge in [0, 0.05) is 20.4 Å². The van der Waals surface area contributed by atoms with Crippen molar-refractivity contribution >= 4 is 22.0 Å². The van der Waals surface area contributed by atoms with Crippen molar-refractivity contribution in [1.29, 1.82) is 10.8 Å². The van der Waals surface area contributed by atoms with E-state index in [1.165, 1.54) is 6.04 Å². The Bertz CT molecular complexity index is 224. The van der Waals surface area contributed by atoms with Crippen LogP contribution in [-0.4, -0.2) is 47.8 Å². The van der Waals surface area contributed by atoms with E-state index < -0.39 is 0 Å². The van der Waals surface area contributed by atoms with E-state index in [1.54, 1.807) is 13.8 Å². The van der Waals surface area contributed by atoms with E-state index in [4.69, 9.17) is 20.3 Å². The Hall–Kier alpha value is -0.883. The largest absolute Gasteiger partial charge is 0.477 e. The maximum Gasteiger partial charge on any atom is 0.177 e. The van der Waals surface area contributed by atoms with Crippen LogP contribution in [0.25, 0.3) is 0 Å². The topological polar surface area (TPSA) is 78.2 Å². The lowest BCUT2D eigenvalue weighted by atomic mass is 10.3. The van der Waals surface area contributed by atoms with Gasteiger partial charge in [0.05, 0.1) is 0 Å². The highest BCUT2D eigenvalue weighted by atomic mass is 28.1. The van der Waals surface area contributed by atoms with Gasteiger partial charge in [0.1, 0.15) is 12.7 Å². The molecule has 0 aromatic rings. The molecule has 0 aliphatic heterocycles. The molecule has 94 valence electrons. The van der Waals surface area contributed by atoms with E-state index in [-0.39, 0.29) is 17.9 Å². The van der Waals surface area contributed by atoms with Gasteiger partial charge in [-0.15, -0.1) is 0 Å². The summed E-state index contributed by atoms with van der Waals surface area (Å²) < 4.78 is 10.4. The smallest absolute Gasteiger partial charge is 0.177 e. The normalized spacial score (nSPS) is 11.9. The van der Waals surface area contributed by atoms with Crippen molar-refractivity contribution in [2.24, 2.45) is 0 Å². The lowest BCUT2D eigenvalue weighted by Gasteiger charge is -2.19. The molecular formula is C10H22N3O2Si-. The molecule has 0 aliphatic rings. The van der Waals surface area contributed by atoms with Gasteiger partial charge in [0.25, 0.3) is 0 Å². The van der Waals surface area contributed by atoms with Gasteiger partial charge in [0.2, 0.25) is 0 Å². The highest BCUT2D eigenvalue weighted by Gasteiger charge is 2.11. The quantitative estimate of drug-likeness (QED) is 0.250. The molecule has 0 bridgehead atoms. The minimum Gasteiger partial charge on any atom is -0.477 e. The van der Waals surface area contributed by atoms with E-state index in [1.807, 2.05) is 10.2 Å². The number of hydrogen-bond acceptors (Lipinski definition) is 5. The molecule has 0 fully saturated rings. The molecule has 16 heavy (non-hydrogen) atoms. The zero-order valence-corrected chi connectivity index (χ0v) is 11.6. The van der Waals surface area contributed by atoms with Crippen molar-refractivity contribution < 1.29 is 9.47 Å². The first-order valence-corrected chi connectivity index (χ1v) is 6.46. The molecule has 0 aliphatic carbocycles. The minimum absolute atomic E-state index is 0.172. The van der Waals surface area contributed by atoms with Gasteiger partial charge in [-0.25, -0.2) is 0 Å². The van der Waals surface area contributed by atoms with Crippen molar-refractivity contribution in [1.82, 2.24) is 5.32 Å². The Morgan fingerprint density at radius 2 is 2.00 bits per heavy atom. The molecule has 0 heterocycles. The van der Waals surface area contributed by atoms with Crippen LogP contribution in [0.15, 0.2) is 0 Å². The number of hydrogen-bond donors (Lipinski definition) is 3. The fourth-order valence-corrected chi connectivity index (χ4v) is 1.37. The summed E-state index contributed by atoms with van der Waals surface area (Å²) in [7, 11) is 1.96. The predicted molar refractivity (Wildman–Crippen MR) is 68.5 cm³/mol. The summed E-state index contributed by atoms with van der Waals surface area (Å²) in [6.45, 7) is 5.08. The number of ether oxygens (including phenoxy) is 2. The summed E-state index contributed by atoms with van der Waals surface area (Å²) in [5.41, 5.74) is 0. The molecule has 0 rings (SSSR count). The van der Waals surface area contributed by atoms with Crippen molar-refractivity contribution in [2.45, 2.75) is 32.4 Å². The number of rotatable bonds is 8. The Morgan fingerprint density at radius 1 is 1.31 bits per heavy atom. The van der Waals surface area contributed by atoms with Crippen molar-refractivity contribution in [3.63, 3.8) is 0 Å². The van der Waals surface area contributed by atoms with Crippen molar-refractivity contribution in [3.05, 3.63) is 0 Å². The van der Waals surface area contributed by atoms with E-state index >= 15 is 0 Å². The third-order valence-electron chi connectivity index (χ3n) is 1.80. The van der Waals surface area contributed by atoms with E-state index in [9.17, 15) is 0 Å². The lowest BCUT2D eigenvalue weighted by molar-refractivity contribution is 0.108. The molecule has 1 atom stereocenters. The van der Waals surface area contributed by atoms with Crippen LogP contribution in [0.4, 0.5) is 0 Å². The molecule has 0 aromatic carbocycles. The SMILES string of the molecule is CC(=N)OCC(CNCCC[SiH2-])OC(C)=N. The summed E-state index contributed by atoms with van der Waals surface area (Å²) in [6.07, 6.45) is 0.941. The first-order valence-electron chi connectivity index (χ1n) is 5.46.